The molecule has 0 spiro atoms. The van der Waals surface area contributed by atoms with Crippen molar-refractivity contribution in [2.75, 3.05) is 32.7 Å². The van der Waals surface area contributed by atoms with Gasteiger partial charge in [-0.15, -0.1) is 0 Å². The molecule has 3 rings (SSSR count). The molecule has 0 aliphatic carbocycles. The highest BCUT2D eigenvalue weighted by atomic mass is 35.5. The van der Waals surface area contributed by atoms with Gasteiger partial charge >= 0.3 is 0 Å². The van der Waals surface area contributed by atoms with Crippen LogP contribution in [0.15, 0.2) is 23.1 Å². The van der Waals surface area contributed by atoms with Crippen molar-refractivity contribution in [2.24, 2.45) is 0 Å². The molecule has 0 aromatic heterocycles. The van der Waals surface area contributed by atoms with E-state index in [2.05, 4.69) is 37.9 Å². The minimum Gasteiger partial charge on any atom is -0.373 e. The van der Waals surface area contributed by atoms with Crippen molar-refractivity contribution >= 4 is 27.5 Å². The molecule has 0 saturated carbocycles. The minimum absolute atomic E-state index is 0.00352. The molecule has 1 aromatic rings. The second-order valence-corrected chi connectivity index (χ2v) is 11.9. The molecule has 1 amide bonds. The quantitative estimate of drug-likeness (QED) is 0.666. The van der Waals surface area contributed by atoms with Crippen LogP contribution in [0.3, 0.4) is 0 Å². The highest BCUT2D eigenvalue weighted by Crippen LogP contribution is 2.28. The van der Waals surface area contributed by atoms with Gasteiger partial charge in [0.25, 0.3) is 5.91 Å². The number of nitrogens with one attached hydrogen (secondary N) is 1. The number of hydrogen-bond donors (Lipinski definition) is 1. The Hall–Kier alpha value is -1.19. The number of carbonyl (C=O) groups excluding carboxylic acids is 1. The molecule has 2 saturated heterocycles. The lowest BCUT2D eigenvalue weighted by molar-refractivity contribution is -0.0948. The molecule has 2 unspecified atom stereocenters. The summed E-state index contributed by atoms with van der Waals surface area (Å²) in [4.78, 5) is 15.2. The summed E-state index contributed by atoms with van der Waals surface area (Å²) in [6.07, 6.45) is 4.00. The highest BCUT2D eigenvalue weighted by Gasteiger charge is 2.34. The van der Waals surface area contributed by atoms with Crippen molar-refractivity contribution in [1.82, 2.24) is 14.5 Å². The van der Waals surface area contributed by atoms with Gasteiger partial charge in [-0.1, -0.05) is 24.4 Å². The Balaban J connectivity index is 1.72. The van der Waals surface area contributed by atoms with Gasteiger partial charge in [-0.25, -0.2) is 8.42 Å². The highest BCUT2D eigenvalue weighted by molar-refractivity contribution is 7.89. The molecule has 2 atom stereocenters. The molecule has 2 aliphatic rings. The summed E-state index contributed by atoms with van der Waals surface area (Å²) in [5.41, 5.74) is 0.0253. The number of rotatable bonds is 6. The van der Waals surface area contributed by atoms with Gasteiger partial charge in [0.2, 0.25) is 10.0 Å². The molecule has 9 heteroatoms. The standard InChI is InChI=1S/C23H36ClN3O4S/c1-17-14-26(15-18(2)31-17)23(3,4)16-25-22(28)19-9-10-20(24)21(13-19)32(29,30)27-11-7-5-6-8-12-27/h9-10,13,17-18H,5-8,11-12,14-16H2,1-4H3,(H,25,28). The largest absolute Gasteiger partial charge is 0.373 e. The van der Waals surface area contributed by atoms with Crippen LogP contribution in [0.4, 0.5) is 0 Å². The maximum atomic E-state index is 13.2. The number of halogens is 1. The number of sulfonamides is 1. The summed E-state index contributed by atoms with van der Waals surface area (Å²) < 4.78 is 33.7. The van der Waals surface area contributed by atoms with Crippen LogP contribution in [0.2, 0.25) is 5.02 Å². The third-order valence-corrected chi connectivity index (χ3v) is 8.71. The Morgan fingerprint density at radius 1 is 1.12 bits per heavy atom. The van der Waals surface area contributed by atoms with E-state index in [1.807, 2.05) is 0 Å². The third-order valence-electron chi connectivity index (χ3n) is 6.33. The molecule has 180 valence electrons. The lowest BCUT2D eigenvalue weighted by Gasteiger charge is -2.45. The molecule has 1 aromatic carbocycles. The number of hydrogen-bond acceptors (Lipinski definition) is 5. The number of nitrogens with zero attached hydrogens (tertiary/aromatic N) is 2. The van der Waals surface area contributed by atoms with Crippen LogP contribution in [0.5, 0.6) is 0 Å². The van der Waals surface area contributed by atoms with Gasteiger partial charge in [0.1, 0.15) is 4.90 Å². The fraction of sp³-hybridized carbons (Fsp3) is 0.696. The first-order valence-corrected chi connectivity index (χ1v) is 13.3. The Kier molecular flexibility index (Phi) is 8.25. The zero-order valence-corrected chi connectivity index (χ0v) is 21.1. The summed E-state index contributed by atoms with van der Waals surface area (Å²) in [5, 5.41) is 3.12. The van der Waals surface area contributed by atoms with Crippen molar-refractivity contribution in [2.45, 2.75) is 76.0 Å². The topological polar surface area (TPSA) is 79.0 Å². The fourth-order valence-electron chi connectivity index (χ4n) is 4.45. The number of morpholine rings is 1. The maximum absolute atomic E-state index is 13.2. The second-order valence-electron chi connectivity index (χ2n) is 9.62. The van der Waals surface area contributed by atoms with Crippen LogP contribution in [-0.4, -0.2) is 74.0 Å². The predicted molar refractivity (Wildman–Crippen MR) is 127 cm³/mol. The molecule has 2 heterocycles. The fourth-order valence-corrected chi connectivity index (χ4v) is 6.46. The van der Waals surface area contributed by atoms with E-state index in [0.717, 1.165) is 38.8 Å². The van der Waals surface area contributed by atoms with Gasteiger partial charge in [0.05, 0.1) is 17.2 Å². The zero-order chi connectivity index (χ0) is 23.5. The Labute approximate surface area is 197 Å². The molecule has 0 bridgehead atoms. The van der Waals surface area contributed by atoms with Crippen LogP contribution in [-0.2, 0) is 14.8 Å². The van der Waals surface area contributed by atoms with E-state index in [9.17, 15) is 13.2 Å². The Morgan fingerprint density at radius 3 is 2.31 bits per heavy atom. The first-order valence-electron chi connectivity index (χ1n) is 11.5. The zero-order valence-electron chi connectivity index (χ0n) is 19.6. The number of ether oxygens (including phenoxy) is 1. The first-order chi connectivity index (χ1) is 15.0. The molecular formula is C23H36ClN3O4S. The average molecular weight is 486 g/mol. The van der Waals surface area contributed by atoms with Gasteiger partial charge in [0, 0.05) is 43.8 Å². The smallest absolute Gasteiger partial charge is 0.251 e. The Bertz CT molecular complexity index is 904. The van der Waals surface area contributed by atoms with Crippen LogP contribution in [0.1, 0.15) is 63.7 Å². The summed E-state index contributed by atoms with van der Waals surface area (Å²) in [6.45, 7) is 11.3. The van der Waals surface area contributed by atoms with Gasteiger partial charge < -0.3 is 10.1 Å². The van der Waals surface area contributed by atoms with Crippen LogP contribution >= 0.6 is 11.6 Å². The van der Waals surface area contributed by atoms with E-state index < -0.39 is 10.0 Å². The molecular weight excluding hydrogens is 450 g/mol. The third kappa shape index (κ3) is 6.03. The molecule has 32 heavy (non-hydrogen) atoms. The number of carbonyl (C=O) groups is 1. The predicted octanol–water partition coefficient (Wildman–Crippen LogP) is 3.52. The lowest BCUT2D eigenvalue weighted by atomic mass is 10.00. The van der Waals surface area contributed by atoms with Crippen molar-refractivity contribution in [3.05, 3.63) is 28.8 Å². The van der Waals surface area contributed by atoms with Crippen LogP contribution in [0.25, 0.3) is 0 Å². The van der Waals surface area contributed by atoms with E-state index in [-0.39, 0.29) is 33.6 Å². The van der Waals surface area contributed by atoms with Crippen LogP contribution in [0, 0.1) is 0 Å². The molecule has 2 aliphatic heterocycles. The number of benzene rings is 1. The SMILES string of the molecule is CC1CN(C(C)(C)CNC(=O)c2ccc(Cl)c(S(=O)(=O)N3CCCCCC3)c2)CC(C)O1. The average Bonchev–Trinajstić information content (AvgIpc) is 3.02. The summed E-state index contributed by atoms with van der Waals surface area (Å²) in [6, 6.07) is 4.48. The molecule has 2 fully saturated rings. The first kappa shape index (κ1) is 25.4. The molecule has 1 N–H and O–H groups in total. The summed E-state index contributed by atoms with van der Waals surface area (Å²) in [7, 11) is -3.75. The van der Waals surface area contributed by atoms with E-state index in [0.29, 0.717) is 25.2 Å². The normalized spacial score (nSPS) is 24.2. The molecule has 7 nitrogen and oxygen atoms in total. The van der Waals surface area contributed by atoms with Crippen LogP contribution < -0.4 is 5.32 Å². The van der Waals surface area contributed by atoms with E-state index >= 15 is 0 Å². The van der Waals surface area contributed by atoms with Gasteiger partial charge in [-0.05, 0) is 58.7 Å². The van der Waals surface area contributed by atoms with Crippen molar-refractivity contribution in [3.63, 3.8) is 0 Å². The lowest BCUT2D eigenvalue weighted by Crippen LogP contribution is -2.58. The van der Waals surface area contributed by atoms with E-state index in [1.165, 1.54) is 16.4 Å². The van der Waals surface area contributed by atoms with Crippen molar-refractivity contribution in [3.8, 4) is 0 Å². The van der Waals surface area contributed by atoms with Gasteiger partial charge in [-0.3, -0.25) is 9.69 Å². The number of amides is 1. The summed E-state index contributed by atoms with van der Waals surface area (Å²) >= 11 is 6.27. The Morgan fingerprint density at radius 2 is 1.72 bits per heavy atom. The second kappa shape index (κ2) is 10.4. The van der Waals surface area contributed by atoms with Crippen molar-refractivity contribution < 1.29 is 17.9 Å². The monoisotopic (exact) mass is 485 g/mol. The van der Waals surface area contributed by atoms with E-state index in [1.54, 1.807) is 6.07 Å². The summed E-state index contributed by atoms with van der Waals surface area (Å²) in [5.74, 6) is -0.309. The van der Waals surface area contributed by atoms with E-state index in [4.69, 9.17) is 16.3 Å². The maximum Gasteiger partial charge on any atom is 0.251 e. The van der Waals surface area contributed by atoms with Gasteiger partial charge in [0.15, 0.2) is 0 Å². The molecule has 0 radical (unpaired) electrons. The minimum atomic E-state index is -3.75. The van der Waals surface area contributed by atoms with Gasteiger partial charge in [-0.2, -0.15) is 4.31 Å². The van der Waals surface area contributed by atoms with Crippen molar-refractivity contribution in [1.29, 1.82) is 0 Å².